The zero-order valence-corrected chi connectivity index (χ0v) is 6.42. The van der Waals surface area contributed by atoms with Crippen molar-refractivity contribution in [2.45, 2.75) is 18.4 Å². The van der Waals surface area contributed by atoms with E-state index < -0.39 is 11.4 Å². The molecule has 0 heterocycles. The average Bonchev–Trinajstić information content (AvgIpc) is 2.68. The van der Waals surface area contributed by atoms with Gasteiger partial charge in [0.2, 0.25) is 0 Å². The fraction of sp³-hybridized carbons (Fsp3) is 0.333. The summed E-state index contributed by atoms with van der Waals surface area (Å²) in [4.78, 5) is 0. The maximum Gasteiger partial charge on any atom is 0.132 e. The molecule has 2 nitrogen and oxygen atoms in total. The molecule has 0 bridgehead atoms. The Morgan fingerprint density at radius 2 is 2.00 bits per heavy atom. The summed E-state index contributed by atoms with van der Waals surface area (Å²) in [7, 11) is 0. The van der Waals surface area contributed by atoms with Gasteiger partial charge in [0.25, 0.3) is 0 Å². The van der Waals surface area contributed by atoms with Crippen LogP contribution in [0.1, 0.15) is 18.4 Å². The molecule has 2 N–H and O–H groups in total. The predicted octanol–water partition coefficient (Wildman–Crippen LogP) is 1.51. The summed E-state index contributed by atoms with van der Waals surface area (Å²) in [5.41, 5.74) is -0.669. The first kappa shape index (κ1) is 7.55. The number of benzene rings is 1. The maximum absolute atomic E-state index is 13.1. The first-order valence-electron chi connectivity index (χ1n) is 3.83. The molecular weight excluding hydrogens is 159 g/mol. The third-order valence-electron chi connectivity index (χ3n) is 2.18. The van der Waals surface area contributed by atoms with Gasteiger partial charge in [-0.1, -0.05) is 0 Å². The third kappa shape index (κ3) is 1.06. The summed E-state index contributed by atoms with van der Waals surface area (Å²) in [5.74, 6) is -0.643. The van der Waals surface area contributed by atoms with E-state index in [1.807, 2.05) is 0 Å². The molecule has 1 aromatic rings. The molecule has 0 aromatic heterocycles. The molecule has 0 spiro atoms. The Morgan fingerprint density at radius 3 is 2.50 bits per heavy atom. The quantitative estimate of drug-likeness (QED) is 0.667. The minimum atomic E-state index is -0.961. The second-order valence-electron chi connectivity index (χ2n) is 3.20. The van der Waals surface area contributed by atoms with Crippen LogP contribution >= 0.6 is 0 Å². The van der Waals surface area contributed by atoms with Gasteiger partial charge in [-0.15, -0.1) is 0 Å². The Kier molecular flexibility index (Phi) is 1.38. The minimum Gasteiger partial charge on any atom is -0.508 e. The number of phenolic OH excluding ortho intramolecular Hbond substituents is 1. The highest BCUT2D eigenvalue weighted by Gasteiger charge is 2.43. The Balaban J connectivity index is 2.45. The predicted molar refractivity (Wildman–Crippen MR) is 41.2 cm³/mol. The fourth-order valence-electron chi connectivity index (χ4n) is 1.27. The molecule has 12 heavy (non-hydrogen) atoms. The molecular formula is C9H9FO2. The molecule has 2 rings (SSSR count). The van der Waals surface area contributed by atoms with Gasteiger partial charge < -0.3 is 10.2 Å². The lowest BCUT2D eigenvalue weighted by Gasteiger charge is -2.08. The number of halogens is 1. The number of phenols is 1. The SMILES string of the molecule is Oc1ccc(C2(O)CC2)c(F)c1. The van der Waals surface area contributed by atoms with Crippen LogP contribution in [-0.2, 0) is 5.60 Å². The summed E-state index contributed by atoms with van der Waals surface area (Å²) in [6.45, 7) is 0. The molecule has 0 unspecified atom stereocenters. The number of hydrogen-bond acceptors (Lipinski definition) is 2. The average molecular weight is 168 g/mol. The first-order chi connectivity index (χ1) is 5.62. The normalized spacial score (nSPS) is 19.2. The Labute approximate surface area is 69.3 Å². The van der Waals surface area contributed by atoms with E-state index in [-0.39, 0.29) is 5.75 Å². The molecule has 0 aliphatic heterocycles. The van der Waals surface area contributed by atoms with E-state index in [0.717, 1.165) is 6.07 Å². The Morgan fingerprint density at radius 1 is 1.33 bits per heavy atom. The van der Waals surface area contributed by atoms with Crippen molar-refractivity contribution in [1.82, 2.24) is 0 Å². The van der Waals surface area contributed by atoms with E-state index >= 15 is 0 Å². The molecule has 64 valence electrons. The van der Waals surface area contributed by atoms with Crippen molar-refractivity contribution in [3.05, 3.63) is 29.6 Å². The van der Waals surface area contributed by atoms with Crippen LogP contribution < -0.4 is 0 Å². The Bertz CT molecular complexity index is 318. The summed E-state index contributed by atoms with van der Waals surface area (Å²) < 4.78 is 13.1. The van der Waals surface area contributed by atoms with Crippen molar-refractivity contribution < 1.29 is 14.6 Å². The number of aliphatic hydroxyl groups is 1. The lowest BCUT2D eigenvalue weighted by Crippen LogP contribution is -2.06. The van der Waals surface area contributed by atoms with Gasteiger partial charge >= 0.3 is 0 Å². The van der Waals surface area contributed by atoms with Crippen molar-refractivity contribution in [3.63, 3.8) is 0 Å². The van der Waals surface area contributed by atoms with Crippen LogP contribution in [0, 0.1) is 5.82 Å². The molecule has 0 saturated heterocycles. The molecule has 3 heteroatoms. The molecule has 0 radical (unpaired) electrons. The van der Waals surface area contributed by atoms with Gasteiger partial charge in [0, 0.05) is 11.6 Å². The monoisotopic (exact) mass is 168 g/mol. The highest BCUT2D eigenvalue weighted by atomic mass is 19.1. The first-order valence-corrected chi connectivity index (χ1v) is 3.83. The standard InChI is InChI=1S/C9H9FO2/c10-8-5-6(11)1-2-7(8)9(12)3-4-9/h1-2,5,11-12H,3-4H2. The number of aromatic hydroxyl groups is 1. The van der Waals surface area contributed by atoms with Gasteiger partial charge in [0.15, 0.2) is 0 Å². The van der Waals surface area contributed by atoms with E-state index in [4.69, 9.17) is 5.11 Å². The summed E-state index contributed by atoms with van der Waals surface area (Å²) >= 11 is 0. The minimum absolute atomic E-state index is 0.111. The van der Waals surface area contributed by atoms with E-state index in [1.54, 1.807) is 0 Å². The van der Waals surface area contributed by atoms with Crippen molar-refractivity contribution in [2.75, 3.05) is 0 Å². The maximum atomic E-state index is 13.1. The van der Waals surface area contributed by atoms with Crippen LogP contribution in [0.25, 0.3) is 0 Å². The number of hydrogen-bond donors (Lipinski definition) is 2. The van der Waals surface area contributed by atoms with Crippen LogP contribution in [0.4, 0.5) is 4.39 Å². The van der Waals surface area contributed by atoms with Crippen LogP contribution in [0.15, 0.2) is 18.2 Å². The second kappa shape index (κ2) is 2.20. The highest BCUT2D eigenvalue weighted by molar-refractivity contribution is 5.34. The molecule has 0 amide bonds. The third-order valence-corrected chi connectivity index (χ3v) is 2.18. The van der Waals surface area contributed by atoms with Crippen molar-refractivity contribution >= 4 is 0 Å². The van der Waals surface area contributed by atoms with Gasteiger partial charge in [-0.05, 0) is 25.0 Å². The topological polar surface area (TPSA) is 40.5 Å². The molecule has 1 aliphatic rings. The molecule has 1 aliphatic carbocycles. The zero-order valence-electron chi connectivity index (χ0n) is 6.42. The highest BCUT2D eigenvalue weighted by Crippen LogP contribution is 2.46. The largest absolute Gasteiger partial charge is 0.508 e. The van der Waals surface area contributed by atoms with Gasteiger partial charge in [0.1, 0.15) is 11.6 Å². The number of rotatable bonds is 1. The van der Waals surface area contributed by atoms with E-state index in [0.29, 0.717) is 18.4 Å². The molecule has 0 atom stereocenters. The van der Waals surface area contributed by atoms with Crippen LogP contribution in [0.5, 0.6) is 5.75 Å². The van der Waals surface area contributed by atoms with E-state index in [9.17, 15) is 9.50 Å². The second-order valence-corrected chi connectivity index (χ2v) is 3.20. The molecule has 1 fully saturated rings. The molecule has 1 saturated carbocycles. The van der Waals surface area contributed by atoms with Crippen molar-refractivity contribution in [2.24, 2.45) is 0 Å². The summed E-state index contributed by atoms with van der Waals surface area (Å²) in [5, 5.41) is 18.5. The van der Waals surface area contributed by atoms with E-state index in [2.05, 4.69) is 0 Å². The van der Waals surface area contributed by atoms with Crippen LogP contribution in [0.2, 0.25) is 0 Å². The van der Waals surface area contributed by atoms with Crippen molar-refractivity contribution in [3.8, 4) is 5.75 Å². The van der Waals surface area contributed by atoms with Crippen LogP contribution in [-0.4, -0.2) is 10.2 Å². The smallest absolute Gasteiger partial charge is 0.132 e. The summed E-state index contributed by atoms with van der Waals surface area (Å²) in [6.07, 6.45) is 1.21. The van der Waals surface area contributed by atoms with Gasteiger partial charge in [0.05, 0.1) is 5.60 Å². The zero-order chi connectivity index (χ0) is 8.77. The van der Waals surface area contributed by atoms with Gasteiger partial charge in [-0.2, -0.15) is 0 Å². The van der Waals surface area contributed by atoms with E-state index in [1.165, 1.54) is 12.1 Å². The lowest BCUT2D eigenvalue weighted by molar-refractivity contribution is 0.146. The molecule has 1 aromatic carbocycles. The lowest BCUT2D eigenvalue weighted by atomic mass is 10.1. The van der Waals surface area contributed by atoms with Gasteiger partial charge in [-0.3, -0.25) is 0 Å². The van der Waals surface area contributed by atoms with Gasteiger partial charge in [-0.25, -0.2) is 4.39 Å². The van der Waals surface area contributed by atoms with Crippen molar-refractivity contribution in [1.29, 1.82) is 0 Å². The Hall–Kier alpha value is -1.09. The fourth-order valence-corrected chi connectivity index (χ4v) is 1.27. The summed E-state index contributed by atoms with van der Waals surface area (Å²) in [6, 6.07) is 3.83. The van der Waals surface area contributed by atoms with Crippen LogP contribution in [0.3, 0.4) is 0 Å².